The first kappa shape index (κ1) is 21.4. The molecule has 0 aliphatic carbocycles. The lowest BCUT2D eigenvalue weighted by Crippen LogP contribution is -2.39. The molecule has 0 spiro atoms. The third-order valence-electron chi connectivity index (χ3n) is 3.96. The minimum atomic E-state index is -3.76. The molecule has 1 N–H and O–H groups in total. The van der Waals surface area contributed by atoms with Crippen molar-refractivity contribution in [1.29, 1.82) is 0 Å². The highest BCUT2D eigenvalue weighted by Crippen LogP contribution is 2.19. The van der Waals surface area contributed by atoms with Gasteiger partial charge in [-0.3, -0.25) is 4.79 Å². The van der Waals surface area contributed by atoms with Gasteiger partial charge in [0.15, 0.2) is 0 Å². The fraction of sp³-hybridized carbons (Fsp3) is 0.316. The Balaban J connectivity index is 2.00. The molecule has 1 amide bonds. The Morgan fingerprint density at radius 3 is 2.30 bits per heavy atom. The molecule has 2 aromatic carbocycles. The van der Waals surface area contributed by atoms with Crippen molar-refractivity contribution >= 4 is 31.9 Å². The largest absolute Gasteiger partial charge is 0.494 e. The van der Waals surface area contributed by atoms with Crippen LogP contribution in [0.2, 0.25) is 0 Å². The summed E-state index contributed by atoms with van der Waals surface area (Å²) >= 11 is 3.37. The van der Waals surface area contributed by atoms with E-state index in [4.69, 9.17) is 4.74 Å². The molecule has 0 aliphatic heterocycles. The lowest BCUT2D eigenvalue weighted by atomic mass is 10.1. The maximum Gasteiger partial charge on any atom is 0.243 e. The summed E-state index contributed by atoms with van der Waals surface area (Å²) < 4.78 is 32.6. The number of sulfonamides is 1. The molecule has 0 saturated heterocycles. The first-order valence-corrected chi connectivity index (χ1v) is 10.7. The molecule has 0 aliphatic rings. The van der Waals surface area contributed by atoms with Gasteiger partial charge in [-0.1, -0.05) is 28.1 Å². The lowest BCUT2D eigenvalue weighted by molar-refractivity contribution is -0.121. The normalized spacial score (nSPS) is 12.6. The second kappa shape index (κ2) is 9.34. The van der Waals surface area contributed by atoms with Gasteiger partial charge in [-0.05, 0) is 55.8 Å². The van der Waals surface area contributed by atoms with E-state index >= 15 is 0 Å². The Morgan fingerprint density at radius 2 is 1.74 bits per heavy atom. The van der Waals surface area contributed by atoms with Crippen LogP contribution in [0.1, 0.15) is 25.5 Å². The highest BCUT2D eigenvalue weighted by atomic mass is 79.9. The van der Waals surface area contributed by atoms with Crippen LogP contribution in [-0.4, -0.2) is 38.8 Å². The van der Waals surface area contributed by atoms with Gasteiger partial charge in [0.2, 0.25) is 15.9 Å². The van der Waals surface area contributed by atoms with Crippen molar-refractivity contribution in [2.45, 2.75) is 24.8 Å². The van der Waals surface area contributed by atoms with Crippen LogP contribution < -0.4 is 10.1 Å². The number of carbonyl (C=O) groups is 1. The number of ether oxygens (including phenoxy) is 1. The zero-order valence-electron chi connectivity index (χ0n) is 15.5. The SMILES string of the molecule is CCOc1ccc(S(=O)(=O)N(C)CC(=O)N[C@@H](C)c2ccc(Br)cc2)cc1. The minimum Gasteiger partial charge on any atom is -0.494 e. The maximum atomic E-state index is 12.6. The van der Waals surface area contributed by atoms with E-state index in [1.54, 1.807) is 12.1 Å². The maximum absolute atomic E-state index is 12.6. The molecule has 2 aromatic rings. The summed E-state index contributed by atoms with van der Waals surface area (Å²) in [5.41, 5.74) is 0.934. The van der Waals surface area contributed by atoms with Gasteiger partial charge >= 0.3 is 0 Å². The number of halogens is 1. The molecule has 0 heterocycles. The average molecular weight is 455 g/mol. The van der Waals surface area contributed by atoms with Crippen molar-refractivity contribution < 1.29 is 17.9 Å². The smallest absolute Gasteiger partial charge is 0.243 e. The summed E-state index contributed by atoms with van der Waals surface area (Å²) in [5, 5.41) is 2.82. The molecule has 0 radical (unpaired) electrons. The highest BCUT2D eigenvalue weighted by Gasteiger charge is 2.23. The average Bonchev–Trinajstić information content (AvgIpc) is 2.62. The van der Waals surface area contributed by atoms with Gasteiger partial charge in [0.1, 0.15) is 5.75 Å². The van der Waals surface area contributed by atoms with E-state index in [0.29, 0.717) is 12.4 Å². The molecule has 2 rings (SSSR count). The number of rotatable bonds is 8. The van der Waals surface area contributed by atoms with Gasteiger partial charge in [-0.2, -0.15) is 4.31 Å². The second-order valence-electron chi connectivity index (χ2n) is 6.01. The molecule has 0 bridgehead atoms. The van der Waals surface area contributed by atoms with E-state index in [-0.39, 0.29) is 23.4 Å². The zero-order chi connectivity index (χ0) is 20.0. The van der Waals surface area contributed by atoms with E-state index < -0.39 is 10.0 Å². The first-order chi connectivity index (χ1) is 12.7. The van der Waals surface area contributed by atoms with E-state index in [2.05, 4.69) is 21.2 Å². The summed E-state index contributed by atoms with van der Waals surface area (Å²) in [5.74, 6) is 0.225. The Bertz CT molecular complexity index is 868. The van der Waals surface area contributed by atoms with Crippen molar-refractivity contribution in [2.75, 3.05) is 20.2 Å². The predicted molar refractivity (Wildman–Crippen MR) is 108 cm³/mol. The van der Waals surface area contributed by atoms with Crippen molar-refractivity contribution in [3.63, 3.8) is 0 Å². The number of carbonyl (C=O) groups excluding carboxylic acids is 1. The summed E-state index contributed by atoms with van der Waals surface area (Å²) in [6, 6.07) is 13.5. The minimum absolute atomic E-state index is 0.113. The van der Waals surface area contributed by atoms with Crippen molar-refractivity contribution in [2.24, 2.45) is 0 Å². The number of nitrogens with zero attached hydrogens (tertiary/aromatic N) is 1. The van der Waals surface area contributed by atoms with Crippen molar-refractivity contribution in [1.82, 2.24) is 9.62 Å². The van der Waals surface area contributed by atoms with Crippen molar-refractivity contribution in [3.05, 3.63) is 58.6 Å². The van der Waals surface area contributed by atoms with Crippen LogP contribution in [0.3, 0.4) is 0 Å². The Kier molecular flexibility index (Phi) is 7.41. The van der Waals surface area contributed by atoms with E-state index in [1.165, 1.54) is 19.2 Å². The van der Waals surface area contributed by atoms with Crippen LogP contribution in [0.25, 0.3) is 0 Å². The Hall–Kier alpha value is -1.90. The van der Waals surface area contributed by atoms with Gasteiger partial charge in [-0.25, -0.2) is 8.42 Å². The standard InChI is InChI=1S/C19H23BrN2O4S/c1-4-26-17-9-11-18(12-10-17)27(24,25)22(3)13-19(23)21-14(2)15-5-7-16(20)8-6-15/h5-12,14H,4,13H2,1-3H3,(H,21,23)/t14-/m0/s1. The molecule has 27 heavy (non-hydrogen) atoms. The highest BCUT2D eigenvalue weighted by molar-refractivity contribution is 9.10. The summed E-state index contributed by atoms with van der Waals surface area (Å²) in [4.78, 5) is 12.4. The van der Waals surface area contributed by atoms with Gasteiger partial charge < -0.3 is 10.1 Å². The van der Waals surface area contributed by atoms with E-state index in [0.717, 1.165) is 14.3 Å². The number of hydrogen-bond donors (Lipinski definition) is 1. The molecular formula is C19H23BrN2O4S. The van der Waals surface area contributed by atoms with Crippen molar-refractivity contribution in [3.8, 4) is 5.75 Å². The molecule has 1 atom stereocenters. The fourth-order valence-electron chi connectivity index (χ4n) is 2.46. The number of amides is 1. The van der Waals surface area contributed by atoms with Crippen LogP contribution in [-0.2, 0) is 14.8 Å². The third-order valence-corrected chi connectivity index (χ3v) is 6.30. The summed E-state index contributed by atoms with van der Waals surface area (Å²) in [7, 11) is -2.38. The summed E-state index contributed by atoms with van der Waals surface area (Å²) in [6.07, 6.45) is 0. The molecule has 0 aromatic heterocycles. The van der Waals surface area contributed by atoms with Crippen LogP contribution in [0.4, 0.5) is 0 Å². The monoisotopic (exact) mass is 454 g/mol. The van der Waals surface area contributed by atoms with Gasteiger partial charge in [0.25, 0.3) is 0 Å². The van der Waals surface area contributed by atoms with Gasteiger partial charge in [0, 0.05) is 11.5 Å². The number of benzene rings is 2. The van der Waals surface area contributed by atoms with E-state index in [1.807, 2.05) is 38.1 Å². The van der Waals surface area contributed by atoms with E-state index in [9.17, 15) is 13.2 Å². The Labute approximate surface area is 168 Å². The third kappa shape index (κ3) is 5.79. The fourth-order valence-corrected chi connectivity index (χ4v) is 3.86. The molecule has 0 fully saturated rings. The van der Waals surface area contributed by atoms with Gasteiger partial charge in [-0.15, -0.1) is 0 Å². The number of nitrogens with one attached hydrogen (secondary N) is 1. The molecule has 8 heteroatoms. The van der Waals surface area contributed by atoms with Crippen LogP contribution in [0.5, 0.6) is 5.75 Å². The molecule has 146 valence electrons. The quantitative estimate of drug-likeness (QED) is 0.663. The molecule has 0 unspecified atom stereocenters. The lowest BCUT2D eigenvalue weighted by Gasteiger charge is -2.19. The molecule has 0 saturated carbocycles. The zero-order valence-corrected chi connectivity index (χ0v) is 17.9. The van der Waals surface area contributed by atoms with Crippen LogP contribution >= 0.6 is 15.9 Å². The summed E-state index contributed by atoms with van der Waals surface area (Å²) in [6.45, 7) is 3.94. The molecule has 6 nitrogen and oxygen atoms in total. The van der Waals surface area contributed by atoms with Gasteiger partial charge in [0.05, 0.1) is 24.1 Å². The predicted octanol–water partition coefficient (Wildman–Crippen LogP) is 3.35. The molecular weight excluding hydrogens is 432 g/mol. The second-order valence-corrected chi connectivity index (χ2v) is 8.97. The van der Waals surface area contributed by atoms with Crippen LogP contribution in [0, 0.1) is 0 Å². The topological polar surface area (TPSA) is 75.7 Å². The first-order valence-electron chi connectivity index (χ1n) is 8.48. The number of hydrogen-bond acceptors (Lipinski definition) is 4. The van der Waals surface area contributed by atoms with Crippen LogP contribution in [0.15, 0.2) is 57.9 Å². The number of likely N-dealkylation sites (N-methyl/N-ethyl adjacent to an activating group) is 1. The Morgan fingerprint density at radius 1 is 1.15 bits per heavy atom.